The van der Waals surface area contributed by atoms with Crippen LogP contribution in [0.4, 0.5) is 11.4 Å². The Labute approximate surface area is 100 Å². The topological polar surface area (TPSA) is 79.6 Å². The predicted octanol–water partition coefficient (Wildman–Crippen LogP) is 1.74. The van der Waals surface area contributed by atoms with Crippen LogP contribution in [0.5, 0.6) is 0 Å². The fraction of sp³-hybridized carbons (Fsp3) is 0.333. The lowest BCUT2D eigenvalue weighted by atomic mass is 10.2. The number of aromatic nitrogens is 3. The first-order valence-corrected chi connectivity index (χ1v) is 5.70. The van der Waals surface area contributed by atoms with Gasteiger partial charge >= 0.3 is 0 Å². The quantitative estimate of drug-likeness (QED) is 0.541. The molecule has 0 spiro atoms. The zero-order valence-electron chi connectivity index (χ0n) is 9.90. The van der Waals surface area contributed by atoms with E-state index in [2.05, 4.69) is 26.6 Å². The number of rotatable bonds is 5. The van der Waals surface area contributed by atoms with Gasteiger partial charge in [-0.3, -0.25) is 5.10 Å². The molecule has 0 saturated carbocycles. The second kappa shape index (κ2) is 5.34. The Hall–Kier alpha value is -2.04. The molecule has 0 radical (unpaired) electrons. The molecule has 0 fully saturated rings. The zero-order valence-corrected chi connectivity index (χ0v) is 9.90. The summed E-state index contributed by atoms with van der Waals surface area (Å²) in [7, 11) is 0. The van der Waals surface area contributed by atoms with Crippen LogP contribution < -0.4 is 11.1 Å². The smallest absolute Gasteiger partial charge is 0.137 e. The van der Waals surface area contributed by atoms with E-state index in [1.165, 1.54) is 6.33 Å². The first-order chi connectivity index (χ1) is 8.25. The van der Waals surface area contributed by atoms with E-state index in [0.29, 0.717) is 0 Å². The molecule has 0 saturated heterocycles. The van der Waals surface area contributed by atoms with Gasteiger partial charge in [0, 0.05) is 24.3 Å². The number of aryl methyl sites for hydroxylation is 2. The van der Waals surface area contributed by atoms with Gasteiger partial charge in [0.05, 0.1) is 0 Å². The van der Waals surface area contributed by atoms with Crippen LogP contribution in [0.25, 0.3) is 0 Å². The van der Waals surface area contributed by atoms with Gasteiger partial charge in [-0.05, 0) is 37.1 Å². The first-order valence-electron chi connectivity index (χ1n) is 5.70. The molecular formula is C12H17N5. The molecular weight excluding hydrogens is 214 g/mol. The fourth-order valence-electron chi connectivity index (χ4n) is 1.63. The van der Waals surface area contributed by atoms with Gasteiger partial charge in [0.1, 0.15) is 12.2 Å². The molecule has 17 heavy (non-hydrogen) atoms. The second-order valence-electron chi connectivity index (χ2n) is 4.03. The second-order valence-corrected chi connectivity index (χ2v) is 4.03. The number of aromatic amines is 1. The van der Waals surface area contributed by atoms with Gasteiger partial charge < -0.3 is 11.1 Å². The van der Waals surface area contributed by atoms with Crippen LogP contribution in [0.1, 0.15) is 17.8 Å². The highest BCUT2D eigenvalue weighted by atomic mass is 15.2. The standard InChI is InChI=1S/C12H17N5/c1-9-7-10(4-5-11(9)13)14-6-2-3-12-15-8-16-17-12/h4-5,7-8,14H,2-3,6,13H2,1H3,(H,15,16,17). The molecule has 2 rings (SSSR count). The van der Waals surface area contributed by atoms with Crippen LogP contribution in [-0.4, -0.2) is 21.7 Å². The van der Waals surface area contributed by atoms with E-state index < -0.39 is 0 Å². The summed E-state index contributed by atoms with van der Waals surface area (Å²) in [6.45, 7) is 2.92. The molecule has 1 aromatic carbocycles. The van der Waals surface area contributed by atoms with Crippen LogP contribution in [-0.2, 0) is 6.42 Å². The van der Waals surface area contributed by atoms with Gasteiger partial charge in [-0.1, -0.05) is 0 Å². The summed E-state index contributed by atoms with van der Waals surface area (Å²) in [6.07, 6.45) is 3.45. The molecule has 4 N–H and O–H groups in total. The van der Waals surface area contributed by atoms with Crippen molar-refractivity contribution in [2.45, 2.75) is 19.8 Å². The van der Waals surface area contributed by atoms with Crippen LogP contribution in [0.3, 0.4) is 0 Å². The van der Waals surface area contributed by atoms with Crippen molar-refractivity contribution in [1.82, 2.24) is 15.2 Å². The number of nitrogens with zero attached hydrogens (tertiary/aromatic N) is 2. The average Bonchev–Trinajstić information content (AvgIpc) is 2.82. The molecule has 0 atom stereocenters. The van der Waals surface area contributed by atoms with Crippen molar-refractivity contribution < 1.29 is 0 Å². The molecule has 0 bridgehead atoms. The molecule has 5 nitrogen and oxygen atoms in total. The maximum Gasteiger partial charge on any atom is 0.137 e. The maximum absolute atomic E-state index is 5.76. The summed E-state index contributed by atoms with van der Waals surface area (Å²) in [5, 5.41) is 10.0. The molecule has 90 valence electrons. The molecule has 1 heterocycles. The monoisotopic (exact) mass is 231 g/mol. The number of benzene rings is 1. The Balaban J connectivity index is 1.76. The van der Waals surface area contributed by atoms with Crippen molar-refractivity contribution in [3.05, 3.63) is 35.9 Å². The van der Waals surface area contributed by atoms with Gasteiger partial charge in [0.2, 0.25) is 0 Å². The summed E-state index contributed by atoms with van der Waals surface area (Å²) < 4.78 is 0. The highest BCUT2D eigenvalue weighted by Crippen LogP contribution is 2.16. The average molecular weight is 231 g/mol. The molecule has 0 unspecified atom stereocenters. The molecule has 1 aromatic heterocycles. The summed E-state index contributed by atoms with van der Waals surface area (Å²) in [4.78, 5) is 4.08. The highest BCUT2D eigenvalue weighted by Gasteiger charge is 1.98. The first kappa shape index (κ1) is 11.4. The Morgan fingerprint density at radius 3 is 3.00 bits per heavy atom. The zero-order chi connectivity index (χ0) is 12.1. The largest absolute Gasteiger partial charge is 0.399 e. The predicted molar refractivity (Wildman–Crippen MR) is 68.8 cm³/mol. The highest BCUT2D eigenvalue weighted by molar-refractivity contribution is 5.56. The molecule has 0 aliphatic carbocycles. The van der Waals surface area contributed by atoms with Crippen LogP contribution in [0.2, 0.25) is 0 Å². The summed E-state index contributed by atoms with van der Waals surface area (Å²) in [5.74, 6) is 0.931. The van der Waals surface area contributed by atoms with E-state index in [0.717, 1.165) is 42.1 Å². The van der Waals surface area contributed by atoms with Gasteiger partial charge in [0.25, 0.3) is 0 Å². The molecule has 2 aromatic rings. The molecule has 0 aliphatic heterocycles. The lowest BCUT2D eigenvalue weighted by Crippen LogP contribution is -2.04. The number of hydrogen-bond donors (Lipinski definition) is 3. The van der Waals surface area contributed by atoms with Crippen molar-refractivity contribution in [1.29, 1.82) is 0 Å². The minimum atomic E-state index is 0.831. The third kappa shape index (κ3) is 3.21. The van der Waals surface area contributed by atoms with Crippen LogP contribution in [0, 0.1) is 6.92 Å². The maximum atomic E-state index is 5.76. The third-order valence-corrected chi connectivity index (χ3v) is 2.65. The number of nitrogens with one attached hydrogen (secondary N) is 2. The molecule has 5 heteroatoms. The number of hydrogen-bond acceptors (Lipinski definition) is 4. The third-order valence-electron chi connectivity index (χ3n) is 2.65. The minimum absolute atomic E-state index is 0.831. The van der Waals surface area contributed by atoms with E-state index in [9.17, 15) is 0 Å². The van der Waals surface area contributed by atoms with Crippen molar-refractivity contribution in [3.8, 4) is 0 Å². The number of anilines is 2. The number of H-pyrrole nitrogens is 1. The van der Waals surface area contributed by atoms with E-state index >= 15 is 0 Å². The molecule has 0 amide bonds. The van der Waals surface area contributed by atoms with Gasteiger partial charge in [-0.2, -0.15) is 5.10 Å². The Morgan fingerprint density at radius 2 is 2.29 bits per heavy atom. The van der Waals surface area contributed by atoms with Crippen molar-refractivity contribution in [2.24, 2.45) is 0 Å². The van der Waals surface area contributed by atoms with Gasteiger partial charge in [-0.25, -0.2) is 4.98 Å². The van der Waals surface area contributed by atoms with E-state index in [1.807, 2.05) is 19.1 Å². The Bertz CT molecular complexity index is 464. The lowest BCUT2D eigenvalue weighted by molar-refractivity contribution is 0.806. The summed E-state index contributed by atoms with van der Waals surface area (Å²) >= 11 is 0. The summed E-state index contributed by atoms with van der Waals surface area (Å²) in [5.41, 5.74) is 8.80. The lowest BCUT2D eigenvalue weighted by Gasteiger charge is -2.07. The van der Waals surface area contributed by atoms with E-state index in [-0.39, 0.29) is 0 Å². The number of nitrogen functional groups attached to an aromatic ring is 1. The van der Waals surface area contributed by atoms with Crippen molar-refractivity contribution in [2.75, 3.05) is 17.6 Å². The van der Waals surface area contributed by atoms with Gasteiger partial charge in [-0.15, -0.1) is 0 Å². The summed E-state index contributed by atoms with van der Waals surface area (Å²) in [6, 6.07) is 5.98. The van der Waals surface area contributed by atoms with E-state index in [1.54, 1.807) is 0 Å². The normalized spacial score (nSPS) is 10.4. The van der Waals surface area contributed by atoms with Gasteiger partial charge in [0.15, 0.2) is 0 Å². The fourth-order valence-corrected chi connectivity index (χ4v) is 1.63. The Kier molecular flexibility index (Phi) is 3.59. The SMILES string of the molecule is Cc1cc(NCCCc2ncn[nH]2)ccc1N. The van der Waals surface area contributed by atoms with Crippen LogP contribution in [0.15, 0.2) is 24.5 Å². The van der Waals surface area contributed by atoms with E-state index in [4.69, 9.17) is 5.73 Å². The molecule has 0 aliphatic rings. The van der Waals surface area contributed by atoms with Crippen molar-refractivity contribution in [3.63, 3.8) is 0 Å². The minimum Gasteiger partial charge on any atom is -0.399 e. The number of nitrogens with two attached hydrogens (primary N) is 1. The van der Waals surface area contributed by atoms with Crippen molar-refractivity contribution >= 4 is 11.4 Å². The van der Waals surface area contributed by atoms with Crippen LogP contribution >= 0.6 is 0 Å². The Morgan fingerprint density at radius 1 is 1.41 bits per heavy atom.